The first-order chi connectivity index (χ1) is 26.4. The van der Waals surface area contributed by atoms with Gasteiger partial charge in [-0.3, -0.25) is 9.48 Å². The number of aryl methyl sites for hydroxylation is 7. The van der Waals surface area contributed by atoms with Gasteiger partial charge in [0.05, 0.1) is 22.8 Å². The van der Waals surface area contributed by atoms with E-state index < -0.39 is 0 Å². The summed E-state index contributed by atoms with van der Waals surface area (Å²) in [5.41, 5.74) is 10.0. The van der Waals surface area contributed by atoms with Crippen LogP contribution in [0.15, 0.2) is 55.0 Å². The second kappa shape index (κ2) is 14.1. The van der Waals surface area contributed by atoms with Crippen LogP contribution in [0.1, 0.15) is 63.8 Å². The highest BCUT2D eigenvalue weighted by Gasteiger charge is 2.37. The maximum absolute atomic E-state index is 15.2. The maximum atomic E-state index is 15.2. The molecule has 1 aliphatic rings. The van der Waals surface area contributed by atoms with E-state index in [1.165, 1.54) is 0 Å². The highest BCUT2D eigenvalue weighted by molar-refractivity contribution is 6.35. The smallest absolute Gasteiger partial charge is 0.275 e. The molecule has 0 saturated carbocycles. The lowest BCUT2D eigenvalue weighted by molar-refractivity contribution is 0.0957. The van der Waals surface area contributed by atoms with E-state index in [1.807, 2.05) is 83.2 Å². The standard InChI is InChI=1S/C42H42Cl2N8O3/c1-22-15-28(16-23(2)38(22)44)55-14-8-9-29-30-11-12-32(43)37(36-25(4)46-35(20-53)47-26(36)5)39(30)52-24(3)18-51(42(54)40(29)52)34-19-49(6)33-13-10-27(17-31(33)34)41-45-21-50(7)48-41/h10-13,15-17,19,21,24,53H,8-9,14,18,20H2,1-7H3. The fourth-order valence-corrected chi connectivity index (χ4v) is 8.57. The predicted octanol–water partition coefficient (Wildman–Crippen LogP) is 8.65. The first-order valence-corrected chi connectivity index (χ1v) is 19.1. The molecular formula is C42H42Cl2N8O3. The van der Waals surface area contributed by atoms with Gasteiger partial charge in [0.15, 0.2) is 11.6 Å². The van der Waals surface area contributed by atoms with Crippen molar-refractivity contribution in [1.29, 1.82) is 0 Å². The van der Waals surface area contributed by atoms with Gasteiger partial charge in [-0.1, -0.05) is 29.3 Å². The molecule has 5 heterocycles. The Bertz CT molecular complexity index is 2630. The van der Waals surface area contributed by atoms with Crippen LogP contribution in [-0.4, -0.2) is 58.0 Å². The number of anilines is 1. The highest BCUT2D eigenvalue weighted by Crippen LogP contribution is 2.45. The Hall–Kier alpha value is -5.23. The maximum Gasteiger partial charge on any atom is 0.275 e. The molecule has 55 heavy (non-hydrogen) atoms. The molecule has 3 aromatic carbocycles. The molecule has 11 nitrogen and oxygen atoms in total. The van der Waals surface area contributed by atoms with Crippen LogP contribution in [0.5, 0.6) is 5.75 Å². The van der Waals surface area contributed by atoms with Crippen LogP contribution in [-0.2, 0) is 27.1 Å². The van der Waals surface area contributed by atoms with Crippen LogP contribution in [0.4, 0.5) is 5.69 Å². The fourth-order valence-electron chi connectivity index (χ4n) is 8.22. The van der Waals surface area contributed by atoms with Crippen molar-refractivity contribution in [2.45, 2.75) is 60.1 Å². The summed E-state index contributed by atoms with van der Waals surface area (Å²) in [5.74, 6) is 1.64. The summed E-state index contributed by atoms with van der Waals surface area (Å²) in [5, 5.41) is 17.5. The minimum absolute atomic E-state index is 0.0922. The number of carbonyl (C=O) groups excluding carboxylic acids is 1. The van der Waals surface area contributed by atoms with Crippen molar-refractivity contribution in [3.8, 4) is 28.3 Å². The minimum atomic E-state index is -0.267. The topological polar surface area (TPSA) is 116 Å². The molecule has 7 aromatic rings. The Labute approximate surface area is 329 Å². The molecule has 8 rings (SSSR count). The Balaban J connectivity index is 1.27. The number of benzene rings is 3. The number of carbonyl (C=O) groups is 1. The van der Waals surface area contributed by atoms with Crippen LogP contribution < -0.4 is 9.64 Å². The zero-order valence-corrected chi connectivity index (χ0v) is 33.4. The molecule has 13 heteroatoms. The molecule has 0 aliphatic carbocycles. The summed E-state index contributed by atoms with van der Waals surface area (Å²) in [4.78, 5) is 30.8. The largest absolute Gasteiger partial charge is 0.494 e. The van der Waals surface area contributed by atoms with E-state index in [-0.39, 0.29) is 18.6 Å². The minimum Gasteiger partial charge on any atom is -0.494 e. The van der Waals surface area contributed by atoms with Crippen molar-refractivity contribution in [3.05, 3.63) is 105 Å². The first kappa shape index (κ1) is 36.7. The van der Waals surface area contributed by atoms with Crippen LogP contribution in [0, 0.1) is 27.7 Å². The molecule has 1 unspecified atom stereocenters. The van der Waals surface area contributed by atoms with Gasteiger partial charge in [0, 0.05) is 82.3 Å². The highest BCUT2D eigenvalue weighted by atomic mass is 35.5. The summed E-state index contributed by atoms with van der Waals surface area (Å²) in [6, 6.07) is 13.8. The number of aromatic nitrogens is 7. The predicted molar refractivity (Wildman–Crippen MR) is 217 cm³/mol. The van der Waals surface area contributed by atoms with Gasteiger partial charge < -0.3 is 23.9 Å². The van der Waals surface area contributed by atoms with Crippen molar-refractivity contribution in [1.82, 2.24) is 33.9 Å². The van der Waals surface area contributed by atoms with Gasteiger partial charge in [-0.15, -0.1) is 0 Å². The van der Waals surface area contributed by atoms with E-state index in [2.05, 4.69) is 48.2 Å². The van der Waals surface area contributed by atoms with Gasteiger partial charge >= 0.3 is 0 Å². The van der Waals surface area contributed by atoms with Gasteiger partial charge in [-0.25, -0.2) is 15.0 Å². The molecule has 1 aliphatic heterocycles. The van der Waals surface area contributed by atoms with E-state index in [9.17, 15) is 5.11 Å². The lowest BCUT2D eigenvalue weighted by atomic mass is 9.97. The molecule has 4 aromatic heterocycles. The quantitative estimate of drug-likeness (QED) is 0.146. The van der Waals surface area contributed by atoms with E-state index in [1.54, 1.807) is 11.0 Å². The molecule has 0 fully saturated rings. The monoisotopic (exact) mass is 776 g/mol. The normalized spacial score (nSPS) is 14.4. The average Bonchev–Trinajstić information content (AvgIpc) is 3.84. The molecule has 1 atom stereocenters. The van der Waals surface area contributed by atoms with Gasteiger partial charge in [-0.2, -0.15) is 5.10 Å². The molecule has 0 radical (unpaired) electrons. The third kappa shape index (κ3) is 6.24. The lowest BCUT2D eigenvalue weighted by Crippen LogP contribution is -2.42. The van der Waals surface area contributed by atoms with E-state index in [4.69, 9.17) is 27.9 Å². The van der Waals surface area contributed by atoms with Crippen molar-refractivity contribution >= 4 is 56.6 Å². The molecule has 0 saturated heterocycles. The van der Waals surface area contributed by atoms with Crippen LogP contribution in [0.3, 0.4) is 0 Å². The molecule has 0 bridgehead atoms. The third-order valence-corrected chi connectivity index (χ3v) is 11.5. The zero-order chi connectivity index (χ0) is 38.9. The summed E-state index contributed by atoms with van der Waals surface area (Å²) in [7, 11) is 3.84. The Morgan fingerprint density at radius 1 is 0.945 bits per heavy atom. The lowest BCUT2D eigenvalue weighted by Gasteiger charge is -2.34. The number of rotatable bonds is 9. The number of nitrogens with zero attached hydrogens (tertiary/aromatic N) is 8. The summed E-state index contributed by atoms with van der Waals surface area (Å²) >= 11 is 13.6. The van der Waals surface area contributed by atoms with Gasteiger partial charge in [-0.05, 0) is 101 Å². The van der Waals surface area contributed by atoms with Crippen molar-refractivity contribution < 1.29 is 14.6 Å². The number of aliphatic hydroxyl groups excluding tert-OH is 1. The number of aliphatic hydroxyl groups is 1. The van der Waals surface area contributed by atoms with Crippen molar-refractivity contribution in [2.75, 3.05) is 18.1 Å². The van der Waals surface area contributed by atoms with Crippen molar-refractivity contribution in [3.63, 3.8) is 0 Å². The summed E-state index contributed by atoms with van der Waals surface area (Å²) in [6.45, 7) is 10.5. The van der Waals surface area contributed by atoms with Crippen LogP contribution >= 0.6 is 23.2 Å². The summed E-state index contributed by atoms with van der Waals surface area (Å²) < 4.78 is 12.2. The molecule has 1 amide bonds. The number of fused-ring (bicyclic) bond motifs is 4. The second-order valence-electron chi connectivity index (χ2n) is 14.5. The van der Waals surface area contributed by atoms with Crippen LogP contribution in [0.2, 0.25) is 10.0 Å². The molecular weight excluding hydrogens is 735 g/mol. The average molecular weight is 778 g/mol. The number of ether oxygens (including phenoxy) is 1. The zero-order valence-electron chi connectivity index (χ0n) is 31.9. The van der Waals surface area contributed by atoms with Gasteiger partial charge in [0.2, 0.25) is 0 Å². The van der Waals surface area contributed by atoms with E-state index in [0.29, 0.717) is 59.7 Å². The Morgan fingerprint density at radius 2 is 1.67 bits per heavy atom. The van der Waals surface area contributed by atoms with Crippen molar-refractivity contribution in [2.24, 2.45) is 14.1 Å². The molecule has 282 valence electrons. The molecule has 1 N–H and O–H groups in total. The van der Waals surface area contributed by atoms with Gasteiger partial charge in [0.1, 0.15) is 24.4 Å². The number of hydrogen-bond donors (Lipinski definition) is 1. The number of amides is 1. The fraction of sp³-hybridized carbons (Fsp3) is 0.310. The number of halogens is 2. The number of hydrogen-bond acceptors (Lipinski definition) is 7. The Kier molecular flexibility index (Phi) is 9.43. The second-order valence-corrected chi connectivity index (χ2v) is 15.3. The Morgan fingerprint density at radius 3 is 2.35 bits per heavy atom. The van der Waals surface area contributed by atoms with Gasteiger partial charge in [0.25, 0.3) is 5.91 Å². The molecule has 0 spiro atoms. The third-order valence-electron chi connectivity index (χ3n) is 10.6. The SMILES string of the molecule is Cc1cc(OCCCc2c3n(c4c(-c5c(C)nc(CO)nc5C)c(Cl)ccc24)C(C)CN(c2cn(C)c4ccc(-c5ncn(C)n5)cc24)C3=O)cc(C)c1Cl. The van der Waals surface area contributed by atoms with E-state index in [0.717, 1.165) is 71.6 Å². The van der Waals surface area contributed by atoms with E-state index >= 15 is 4.79 Å². The summed E-state index contributed by atoms with van der Waals surface area (Å²) in [6.07, 6.45) is 4.96. The first-order valence-electron chi connectivity index (χ1n) is 18.3. The van der Waals surface area contributed by atoms with Crippen LogP contribution in [0.25, 0.3) is 44.3 Å².